The summed E-state index contributed by atoms with van der Waals surface area (Å²) in [5.74, 6) is 0.374. The van der Waals surface area contributed by atoms with Crippen LogP contribution in [0.25, 0.3) is 0 Å². The van der Waals surface area contributed by atoms with Gasteiger partial charge in [0.2, 0.25) is 0 Å². The van der Waals surface area contributed by atoms with Gasteiger partial charge >= 0.3 is 12.4 Å². The maximum atomic E-state index is 13.0. The fraction of sp³-hybridized carbons (Fsp3) is 0.286. The van der Waals surface area contributed by atoms with Crippen molar-refractivity contribution in [3.63, 3.8) is 0 Å². The van der Waals surface area contributed by atoms with E-state index in [1.807, 2.05) is 9.13 Å². The van der Waals surface area contributed by atoms with Crippen molar-refractivity contribution in [1.82, 2.24) is 28.9 Å². The Hall–Kier alpha value is -1.85. The number of fused-ring (bicyclic) bond motifs is 2. The molecular weight excluding hydrogens is 1020 g/mol. The molecule has 0 bridgehead atoms. The lowest BCUT2D eigenvalue weighted by Crippen LogP contribution is -2.39. The fourth-order valence-corrected chi connectivity index (χ4v) is 7.50. The van der Waals surface area contributed by atoms with Gasteiger partial charge < -0.3 is 18.9 Å². The highest BCUT2D eigenvalue weighted by molar-refractivity contribution is 14.1. The quantitative estimate of drug-likeness (QED) is 0.150. The molecule has 2 aliphatic rings. The van der Waals surface area contributed by atoms with E-state index < -0.39 is 45.3 Å². The molecule has 2 aromatic carbocycles. The van der Waals surface area contributed by atoms with Crippen LogP contribution < -0.4 is 0 Å². The molecule has 2 aromatic heterocycles. The highest BCUT2D eigenvalue weighted by Crippen LogP contribution is 2.38. The number of imidazole rings is 2. The number of carbonyl (C=O) groups is 2. The van der Waals surface area contributed by atoms with Crippen molar-refractivity contribution in [3.05, 3.63) is 97.6 Å². The van der Waals surface area contributed by atoms with Gasteiger partial charge in [-0.1, -0.05) is 35.3 Å². The second kappa shape index (κ2) is 14.2. The lowest BCUT2D eigenvalue weighted by Gasteiger charge is -2.28. The summed E-state index contributed by atoms with van der Waals surface area (Å²) < 4.78 is 84.4. The van der Waals surface area contributed by atoms with Crippen LogP contribution in [0.15, 0.2) is 42.6 Å². The molecule has 0 saturated heterocycles. The molecule has 0 radical (unpaired) electrons. The van der Waals surface area contributed by atoms with Gasteiger partial charge in [0.1, 0.15) is 19.1 Å². The second-order valence-corrected chi connectivity index (χ2v) is 14.1. The van der Waals surface area contributed by atoms with Crippen LogP contribution >= 0.6 is 91.0 Å². The highest BCUT2D eigenvalue weighted by Gasteiger charge is 2.37. The molecule has 0 atom stereocenters. The van der Waals surface area contributed by atoms with Gasteiger partial charge in [0.25, 0.3) is 11.8 Å². The van der Waals surface area contributed by atoms with Crippen molar-refractivity contribution < 1.29 is 35.9 Å². The largest absolute Gasteiger partial charge is 0.417 e. The van der Waals surface area contributed by atoms with Crippen molar-refractivity contribution in [2.24, 2.45) is 0 Å². The lowest BCUT2D eigenvalue weighted by molar-refractivity contribution is -0.138. The van der Waals surface area contributed by atoms with E-state index in [4.69, 9.17) is 23.2 Å². The Balaban J connectivity index is 0.000000185. The van der Waals surface area contributed by atoms with Crippen LogP contribution in [-0.4, -0.2) is 53.8 Å². The molecular formula is C28H19Cl2F6I3N6O2. The number of nitrogens with zero attached hydrogens (tertiary/aromatic N) is 6. The molecule has 0 saturated carbocycles. The van der Waals surface area contributed by atoms with E-state index in [0.717, 1.165) is 23.2 Å². The van der Waals surface area contributed by atoms with Crippen molar-refractivity contribution in [3.8, 4) is 0 Å². The number of aromatic nitrogens is 4. The maximum Gasteiger partial charge on any atom is 0.417 e. The first-order chi connectivity index (χ1) is 22.0. The zero-order valence-corrected chi connectivity index (χ0v) is 31.4. The molecule has 250 valence electrons. The average molecular weight is 1040 g/mol. The second-order valence-electron chi connectivity index (χ2n) is 10.2. The lowest BCUT2D eigenvalue weighted by atomic mass is 10.1. The summed E-state index contributed by atoms with van der Waals surface area (Å²) in [5.41, 5.74) is -2.29. The number of rotatable bonds is 2. The van der Waals surface area contributed by atoms with E-state index in [1.165, 1.54) is 34.1 Å². The first-order valence-electron chi connectivity index (χ1n) is 13.4. The normalized spacial score (nSPS) is 14.7. The number of halogens is 11. The SMILES string of the molecule is O=C(c1cccc(C(F)(F)F)c1Cl)N1CCn2c(I)cnc2C1.O=C(c1cccc(C(F)(F)F)c1Cl)N1CCn2c(nc(I)c2I)C1. The van der Waals surface area contributed by atoms with Crippen LogP contribution in [0.1, 0.15) is 43.5 Å². The van der Waals surface area contributed by atoms with Gasteiger partial charge in [0, 0.05) is 26.2 Å². The van der Waals surface area contributed by atoms with Gasteiger partial charge in [-0.3, -0.25) is 9.59 Å². The zero-order valence-electron chi connectivity index (χ0n) is 23.4. The Morgan fingerprint density at radius 3 is 1.66 bits per heavy atom. The van der Waals surface area contributed by atoms with Gasteiger partial charge in [-0.2, -0.15) is 26.3 Å². The predicted octanol–water partition coefficient (Wildman–Crippen LogP) is 8.24. The van der Waals surface area contributed by atoms with Crippen molar-refractivity contribution in [2.75, 3.05) is 13.1 Å². The smallest absolute Gasteiger partial charge is 0.329 e. The van der Waals surface area contributed by atoms with E-state index in [9.17, 15) is 35.9 Å². The first kappa shape index (κ1) is 36.4. The number of amides is 2. The Kier molecular flexibility index (Phi) is 11.0. The van der Waals surface area contributed by atoms with E-state index in [1.54, 1.807) is 6.20 Å². The average Bonchev–Trinajstić information content (AvgIpc) is 3.52. The van der Waals surface area contributed by atoms with Crippen LogP contribution in [0, 0.1) is 11.1 Å². The van der Waals surface area contributed by atoms with Crippen LogP contribution in [0.3, 0.4) is 0 Å². The predicted molar refractivity (Wildman–Crippen MR) is 185 cm³/mol. The molecule has 2 aliphatic heterocycles. The topological polar surface area (TPSA) is 76.3 Å². The minimum Gasteiger partial charge on any atom is -0.329 e. The van der Waals surface area contributed by atoms with E-state index in [0.29, 0.717) is 37.8 Å². The molecule has 0 spiro atoms. The maximum absolute atomic E-state index is 13.0. The van der Waals surface area contributed by atoms with Gasteiger partial charge in [0.15, 0.2) is 0 Å². The number of alkyl halides is 6. The molecule has 4 heterocycles. The third kappa shape index (κ3) is 7.67. The minimum absolute atomic E-state index is 0.142. The number of hydrogen-bond acceptors (Lipinski definition) is 4. The van der Waals surface area contributed by atoms with Gasteiger partial charge in [-0.05, 0) is 92.0 Å². The standard InChI is InChI=1S/C14H9ClF3I2N3O.C14H10ClF3IN3O/c15-10-7(2-1-3-8(10)14(16,17)18)13(24)22-4-5-23-9(6-22)21-11(19)12(23)20;15-12-8(2-1-3-9(12)14(16,17)18)13(23)21-4-5-22-10(19)6-20-11(22)7-21/h1-3H,4-6H2;1-3,6H,4-5,7H2. The van der Waals surface area contributed by atoms with Gasteiger partial charge in [-0.25, -0.2) is 9.97 Å². The monoisotopic (exact) mass is 1040 g/mol. The van der Waals surface area contributed by atoms with Gasteiger partial charge in [0.05, 0.1) is 55.3 Å². The van der Waals surface area contributed by atoms with Crippen LogP contribution in [0.4, 0.5) is 26.3 Å². The molecule has 0 unspecified atom stereocenters. The molecule has 0 aliphatic carbocycles. The Morgan fingerprint density at radius 1 is 0.702 bits per heavy atom. The van der Waals surface area contributed by atoms with E-state index in [2.05, 4.69) is 77.7 Å². The van der Waals surface area contributed by atoms with Crippen molar-refractivity contribution in [1.29, 1.82) is 0 Å². The molecule has 47 heavy (non-hydrogen) atoms. The van der Waals surface area contributed by atoms with Crippen LogP contribution in [-0.2, 0) is 38.5 Å². The summed E-state index contributed by atoms with van der Waals surface area (Å²) in [6, 6.07) is 6.74. The van der Waals surface area contributed by atoms with Crippen LogP contribution in [0.5, 0.6) is 0 Å². The van der Waals surface area contributed by atoms with Crippen molar-refractivity contribution in [2.45, 2.75) is 38.5 Å². The summed E-state index contributed by atoms with van der Waals surface area (Å²) in [6.45, 7) is 2.37. The summed E-state index contributed by atoms with van der Waals surface area (Å²) >= 11 is 18.1. The zero-order chi connectivity index (χ0) is 34.4. The Morgan fingerprint density at radius 2 is 1.17 bits per heavy atom. The molecule has 6 rings (SSSR count). The highest BCUT2D eigenvalue weighted by atomic mass is 127. The molecule has 4 aromatic rings. The Bertz CT molecular complexity index is 1860. The van der Waals surface area contributed by atoms with Gasteiger partial charge in [-0.15, -0.1) is 0 Å². The van der Waals surface area contributed by atoms with Crippen LogP contribution in [0.2, 0.25) is 10.0 Å². The Labute approximate surface area is 314 Å². The summed E-state index contributed by atoms with van der Waals surface area (Å²) in [4.78, 5) is 36.7. The van der Waals surface area contributed by atoms with E-state index in [-0.39, 0.29) is 24.2 Å². The molecule has 0 N–H and O–H groups in total. The molecule has 0 fully saturated rings. The third-order valence-corrected chi connectivity index (χ3v) is 11.9. The summed E-state index contributed by atoms with van der Waals surface area (Å²) in [7, 11) is 0. The summed E-state index contributed by atoms with van der Waals surface area (Å²) in [5, 5.41) is -1.12. The first-order valence-corrected chi connectivity index (χ1v) is 17.4. The fourth-order valence-electron chi connectivity index (χ4n) is 5.01. The molecule has 8 nitrogen and oxygen atoms in total. The number of benzene rings is 2. The minimum atomic E-state index is -4.60. The summed E-state index contributed by atoms with van der Waals surface area (Å²) in [6.07, 6.45) is -7.50. The number of hydrogen-bond donors (Lipinski definition) is 0. The third-order valence-electron chi connectivity index (χ3n) is 7.33. The van der Waals surface area contributed by atoms with E-state index >= 15 is 0 Å². The number of carbonyl (C=O) groups excluding carboxylic acids is 2. The molecule has 2 amide bonds. The van der Waals surface area contributed by atoms with Crippen molar-refractivity contribution >= 4 is 103 Å². The molecule has 19 heteroatoms.